The smallest absolute Gasteiger partial charge is 0.326 e. The normalized spacial score (nSPS) is 16.8. The first-order valence-corrected chi connectivity index (χ1v) is 9.77. The summed E-state index contributed by atoms with van der Waals surface area (Å²) in [4.78, 5) is 28.0. The van der Waals surface area contributed by atoms with E-state index in [0.717, 1.165) is 29.9 Å². The van der Waals surface area contributed by atoms with Crippen molar-refractivity contribution in [2.45, 2.75) is 25.8 Å². The van der Waals surface area contributed by atoms with Gasteiger partial charge in [-0.15, -0.1) is 0 Å². The molecule has 2 aliphatic rings. The molecule has 5 rings (SSSR count). The molecule has 0 unspecified atom stereocenters. The van der Waals surface area contributed by atoms with Crippen molar-refractivity contribution in [2.75, 3.05) is 10.6 Å². The van der Waals surface area contributed by atoms with Crippen LogP contribution in [0.3, 0.4) is 0 Å². The first kappa shape index (κ1) is 18.6. The number of nitrogens with one attached hydrogen (secondary N) is 4. The van der Waals surface area contributed by atoms with Crippen LogP contribution in [-0.4, -0.2) is 32.6 Å². The van der Waals surface area contributed by atoms with Crippen LogP contribution in [-0.2, 0) is 4.79 Å². The summed E-state index contributed by atoms with van der Waals surface area (Å²) in [5.74, 6) is 0.814. The van der Waals surface area contributed by atoms with Crippen molar-refractivity contribution >= 4 is 41.0 Å². The topological polar surface area (TPSA) is 136 Å². The number of carbonyl (C=O) groups excluding carboxylic acids is 2. The fourth-order valence-corrected chi connectivity index (χ4v) is 3.29. The Morgan fingerprint density at radius 1 is 1.26 bits per heavy atom. The Hall–Kier alpha value is -4.39. The second-order valence-corrected chi connectivity index (χ2v) is 7.51. The van der Waals surface area contributed by atoms with Crippen LogP contribution in [0.2, 0.25) is 0 Å². The SMILES string of the molecule is Cc1ccc(Nc2cc(NC3CC3)n3ncc(/C=C4\NC(=O)NC4=O)c3n2)cc1C#N. The lowest BCUT2D eigenvalue weighted by Crippen LogP contribution is -2.22. The highest BCUT2D eigenvalue weighted by Gasteiger charge is 2.25. The standard InChI is InChI=1S/C21H18N8O2/c1-11-2-3-15(6-12(11)9-22)24-17-8-18(25-14-4-5-14)29-19(27-17)13(10-23-29)7-16-20(30)28-21(31)26-16/h2-3,6-8,10,14,25H,4-5H2,1H3,(H,24,27)(H2,26,28,30,31)/b16-7-. The Balaban J connectivity index is 1.57. The third kappa shape index (κ3) is 3.64. The molecule has 3 aromatic rings. The van der Waals surface area contributed by atoms with E-state index in [1.165, 1.54) is 0 Å². The molecule has 1 saturated carbocycles. The predicted octanol–water partition coefficient (Wildman–Crippen LogP) is 2.41. The number of aromatic nitrogens is 3. The Labute approximate surface area is 177 Å². The molecule has 0 atom stereocenters. The molecular weight excluding hydrogens is 396 g/mol. The van der Waals surface area contributed by atoms with Crippen molar-refractivity contribution in [3.8, 4) is 6.07 Å². The number of hydrogen-bond donors (Lipinski definition) is 4. The molecule has 0 radical (unpaired) electrons. The zero-order valence-electron chi connectivity index (χ0n) is 16.6. The highest BCUT2D eigenvalue weighted by Crippen LogP contribution is 2.28. The molecule has 31 heavy (non-hydrogen) atoms. The minimum atomic E-state index is -0.563. The Morgan fingerprint density at radius 2 is 2.10 bits per heavy atom. The van der Waals surface area contributed by atoms with Crippen LogP contribution in [0, 0.1) is 18.3 Å². The van der Waals surface area contributed by atoms with Crippen LogP contribution < -0.4 is 21.3 Å². The molecule has 10 nitrogen and oxygen atoms in total. The van der Waals surface area contributed by atoms with Gasteiger partial charge < -0.3 is 16.0 Å². The molecule has 2 fully saturated rings. The molecule has 2 aromatic heterocycles. The Morgan fingerprint density at radius 3 is 2.81 bits per heavy atom. The van der Waals surface area contributed by atoms with Gasteiger partial charge in [0.05, 0.1) is 17.8 Å². The lowest BCUT2D eigenvalue weighted by Gasteiger charge is -2.12. The maximum Gasteiger partial charge on any atom is 0.326 e. The van der Waals surface area contributed by atoms with Crippen molar-refractivity contribution in [1.82, 2.24) is 25.2 Å². The van der Waals surface area contributed by atoms with E-state index in [2.05, 4.69) is 37.4 Å². The minimum absolute atomic E-state index is 0.133. The highest BCUT2D eigenvalue weighted by atomic mass is 16.2. The van der Waals surface area contributed by atoms with Crippen molar-refractivity contribution in [1.29, 1.82) is 5.26 Å². The molecular formula is C21H18N8O2. The molecule has 10 heteroatoms. The van der Waals surface area contributed by atoms with E-state index in [1.807, 2.05) is 25.1 Å². The van der Waals surface area contributed by atoms with E-state index in [9.17, 15) is 14.9 Å². The van der Waals surface area contributed by atoms with E-state index in [4.69, 9.17) is 0 Å². The number of hydrogen-bond acceptors (Lipinski definition) is 7. The molecule has 3 amide bonds. The minimum Gasteiger partial charge on any atom is -0.367 e. The number of nitriles is 1. The molecule has 154 valence electrons. The summed E-state index contributed by atoms with van der Waals surface area (Å²) >= 11 is 0. The second kappa shape index (κ2) is 7.14. The number of nitrogens with zero attached hydrogens (tertiary/aromatic N) is 4. The third-order valence-corrected chi connectivity index (χ3v) is 5.08. The number of aryl methyl sites for hydroxylation is 1. The van der Waals surface area contributed by atoms with Crippen LogP contribution in [0.4, 0.5) is 22.1 Å². The van der Waals surface area contributed by atoms with Gasteiger partial charge in [0.15, 0.2) is 5.65 Å². The van der Waals surface area contributed by atoms with Crippen LogP contribution in [0.5, 0.6) is 0 Å². The van der Waals surface area contributed by atoms with Crippen LogP contribution in [0.15, 0.2) is 36.2 Å². The fraction of sp³-hybridized carbons (Fsp3) is 0.190. The average molecular weight is 414 g/mol. The highest BCUT2D eigenvalue weighted by molar-refractivity contribution is 6.14. The van der Waals surface area contributed by atoms with E-state index in [-0.39, 0.29) is 5.70 Å². The summed E-state index contributed by atoms with van der Waals surface area (Å²) in [5, 5.41) is 25.0. The average Bonchev–Trinajstić information content (AvgIpc) is 3.38. The van der Waals surface area contributed by atoms with E-state index in [1.54, 1.807) is 22.9 Å². The lowest BCUT2D eigenvalue weighted by molar-refractivity contribution is -0.115. The zero-order chi connectivity index (χ0) is 21.5. The van der Waals surface area contributed by atoms with Gasteiger partial charge in [0.25, 0.3) is 5.91 Å². The number of amides is 3. The monoisotopic (exact) mass is 414 g/mol. The Bertz CT molecular complexity index is 1310. The third-order valence-electron chi connectivity index (χ3n) is 5.08. The summed E-state index contributed by atoms with van der Waals surface area (Å²) in [6.45, 7) is 1.88. The summed E-state index contributed by atoms with van der Waals surface area (Å²) in [7, 11) is 0. The molecule has 3 heterocycles. The second-order valence-electron chi connectivity index (χ2n) is 7.51. The number of fused-ring (bicyclic) bond motifs is 1. The van der Waals surface area contributed by atoms with Crippen molar-refractivity contribution in [3.05, 3.63) is 52.8 Å². The van der Waals surface area contributed by atoms with Gasteiger partial charge in [-0.25, -0.2) is 9.78 Å². The maximum absolute atomic E-state index is 11.9. The van der Waals surface area contributed by atoms with Gasteiger partial charge in [0.1, 0.15) is 17.3 Å². The zero-order valence-corrected chi connectivity index (χ0v) is 16.6. The van der Waals surface area contributed by atoms with Crippen LogP contribution in [0.25, 0.3) is 11.7 Å². The van der Waals surface area contributed by atoms with Gasteiger partial charge in [-0.1, -0.05) is 6.07 Å². The van der Waals surface area contributed by atoms with Crippen molar-refractivity contribution in [3.63, 3.8) is 0 Å². The maximum atomic E-state index is 11.9. The van der Waals surface area contributed by atoms with Gasteiger partial charge in [0, 0.05) is 23.4 Å². The molecule has 1 aromatic carbocycles. The number of rotatable bonds is 5. The molecule has 1 aliphatic heterocycles. The summed E-state index contributed by atoms with van der Waals surface area (Å²) in [6, 6.07) is 9.38. The lowest BCUT2D eigenvalue weighted by atomic mass is 10.1. The quantitative estimate of drug-likeness (QED) is 0.372. The number of anilines is 3. The fourth-order valence-electron chi connectivity index (χ4n) is 3.29. The molecule has 0 spiro atoms. The first-order valence-electron chi connectivity index (χ1n) is 9.77. The molecule has 0 bridgehead atoms. The predicted molar refractivity (Wildman–Crippen MR) is 113 cm³/mol. The summed E-state index contributed by atoms with van der Waals surface area (Å²) in [5.41, 5.74) is 3.44. The van der Waals surface area contributed by atoms with Gasteiger partial charge in [-0.2, -0.15) is 14.9 Å². The first-order chi connectivity index (χ1) is 15.0. The van der Waals surface area contributed by atoms with E-state index >= 15 is 0 Å². The molecule has 4 N–H and O–H groups in total. The van der Waals surface area contributed by atoms with Gasteiger partial charge in [-0.05, 0) is 43.5 Å². The van der Waals surface area contributed by atoms with E-state index < -0.39 is 11.9 Å². The summed E-state index contributed by atoms with van der Waals surface area (Å²) in [6.07, 6.45) is 5.30. The largest absolute Gasteiger partial charge is 0.367 e. The van der Waals surface area contributed by atoms with Gasteiger partial charge >= 0.3 is 6.03 Å². The molecule has 1 saturated heterocycles. The van der Waals surface area contributed by atoms with Crippen molar-refractivity contribution < 1.29 is 9.59 Å². The number of carbonyl (C=O) groups is 2. The number of urea groups is 1. The van der Waals surface area contributed by atoms with Crippen LogP contribution in [0.1, 0.15) is 29.5 Å². The summed E-state index contributed by atoms with van der Waals surface area (Å²) < 4.78 is 1.67. The van der Waals surface area contributed by atoms with E-state index in [0.29, 0.717) is 28.6 Å². The number of imide groups is 1. The Kier molecular flexibility index (Phi) is 4.29. The van der Waals surface area contributed by atoms with Crippen molar-refractivity contribution in [2.24, 2.45) is 0 Å². The molecule has 1 aliphatic carbocycles. The van der Waals surface area contributed by atoms with Gasteiger partial charge in [0.2, 0.25) is 0 Å². The van der Waals surface area contributed by atoms with Gasteiger partial charge in [-0.3, -0.25) is 10.1 Å². The number of benzene rings is 1. The van der Waals surface area contributed by atoms with Crippen LogP contribution >= 0.6 is 0 Å².